The minimum absolute atomic E-state index is 0.465. The lowest BCUT2D eigenvalue weighted by Crippen LogP contribution is -2.26. The molecular weight excluding hydrogens is 402 g/mol. The number of rotatable bonds is 8. The lowest BCUT2D eigenvalue weighted by atomic mass is 10.1. The highest BCUT2D eigenvalue weighted by Gasteiger charge is 2.29. The molecule has 0 aliphatic rings. The maximum absolute atomic E-state index is 11.5. The van der Waals surface area contributed by atoms with Gasteiger partial charge in [-0.2, -0.15) is 0 Å². The molecule has 0 aliphatic heterocycles. The smallest absolute Gasteiger partial charge is 0.334 e. The SMILES string of the molecule is COc1ccc(C(Sc2cc(Oc3cccc(C)c3)ccc2N)C(O)C(=O)O)cc1. The molecule has 156 valence electrons. The first-order chi connectivity index (χ1) is 14.4. The third-order valence-electron chi connectivity index (χ3n) is 4.45. The molecule has 3 aromatic carbocycles. The first kappa shape index (κ1) is 21.5. The zero-order valence-electron chi connectivity index (χ0n) is 16.6. The van der Waals surface area contributed by atoms with E-state index in [0.717, 1.165) is 5.56 Å². The Morgan fingerprint density at radius 3 is 2.30 bits per heavy atom. The summed E-state index contributed by atoms with van der Waals surface area (Å²) in [5, 5.41) is 18.9. The maximum atomic E-state index is 11.5. The molecule has 0 spiro atoms. The molecule has 6 nitrogen and oxygen atoms in total. The summed E-state index contributed by atoms with van der Waals surface area (Å²) < 4.78 is 11.1. The topological polar surface area (TPSA) is 102 Å². The van der Waals surface area contributed by atoms with Gasteiger partial charge in [0.1, 0.15) is 17.2 Å². The van der Waals surface area contributed by atoms with E-state index in [1.165, 1.54) is 11.8 Å². The van der Waals surface area contributed by atoms with Gasteiger partial charge in [-0.1, -0.05) is 24.3 Å². The number of anilines is 1. The molecule has 0 radical (unpaired) electrons. The molecule has 3 aromatic rings. The van der Waals surface area contributed by atoms with E-state index in [0.29, 0.717) is 33.4 Å². The van der Waals surface area contributed by atoms with Gasteiger partial charge >= 0.3 is 5.97 Å². The van der Waals surface area contributed by atoms with Crippen molar-refractivity contribution < 1.29 is 24.5 Å². The number of carboxylic acids is 1. The number of carboxylic acid groups (broad SMARTS) is 1. The predicted octanol–water partition coefficient (Wildman–Crippen LogP) is 4.66. The van der Waals surface area contributed by atoms with E-state index in [9.17, 15) is 15.0 Å². The Balaban J connectivity index is 1.90. The molecule has 2 unspecified atom stereocenters. The van der Waals surface area contributed by atoms with Crippen molar-refractivity contribution in [3.8, 4) is 17.2 Å². The van der Waals surface area contributed by atoms with Crippen LogP contribution in [-0.2, 0) is 4.79 Å². The Morgan fingerprint density at radius 1 is 1.00 bits per heavy atom. The number of hydrogen-bond acceptors (Lipinski definition) is 6. The number of carbonyl (C=O) groups is 1. The van der Waals surface area contributed by atoms with Gasteiger partial charge in [-0.15, -0.1) is 11.8 Å². The molecule has 30 heavy (non-hydrogen) atoms. The van der Waals surface area contributed by atoms with Crippen LogP contribution in [0.1, 0.15) is 16.4 Å². The Morgan fingerprint density at radius 2 is 1.67 bits per heavy atom. The van der Waals surface area contributed by atoms with Gasteiger partial charge in [-0.05, 0) is 60.5 Å². The third kappa shape index (κ3) is 5.25. The van der Waals surface area contributed by atoms with Gasteiger partial charge in [0, 0.05) is 10.6 Å². The highest BCUT2D eigenvalue weighted by Crippen LogP contribution is 2.42. The van der Waals surface area contributed by atoms with E-state index >= 15 is 0 Å². The third-order valence-corrected chi connectivity index (χ3v) is 5.84. The highest BCUT2D eigenvalue weighted by molar-refractivity contribution is 7.99. The molecule has 0 aromatic heterocycles. The van der Waals surface area contributed by atoms with Crippen LogP contribution in [0.25, 0.3) is 0 Å². The molecular formula is C23H23NO5S. The maximum Gasteiger partial charge on any atom is 0.334 e. The lowest BCUT2D eigenvalue weighted by Gasteiger charge is -2.21. The van der Waals surface area contributed by atoms with Gasteiger partial charge in [-0.25, -0.2) is 4.79 Å². The lowest BCUT2D eigenvalue weighted by molar-refractivity contribution is -0.146. The average Bonchev–Trinajstić information content (AvgIpc) is 2.73. The minimum Gasteiger partial charge on any atom is -0.497 e. The number of aliphatic hydroxyl groups is 1. The van der Waals surface area contributed by atoms with Crippen molar-refractivity contribution in [3.05, 3.63) is 77.9 Å². The molecule has 0 saturated carbocycles. The first-order valence-electron chi connectivity index (χ1n) is 9.23. The second-order valence-electron chi connectivity index (χ2n) is 6.71. The van der Waals surface area contributed by atoms with Crippen LogP contribution in [0.4, 0.5) is 5.69 Å². The summed E-state index contributed by atoms with van der Waals surface area (Å²) in [6.07, 6.45) is -1.62. The van der Waals surface area contributed by atoms with Crippen molar-refractivity contribution in [1.29, 1.82) is 0 Å². The number of aliphatic hydroxyl groups excluding tert-OH is 1. The van der Waals surface area contributed by atoms with E-state index in [1.807, 2.05) is 31.2 Å². The van der Waals surface area contributed by atoms with E-state index in [2.05, 4.69) is 0 Å². The summed E-state index contributed by atoms with van der Waals surface area (Å²) in [5.41, 5.74) is 8.31. The van der Waals surface area contributed by atoms with Crippen molar-refractivity contribution >= 4 is 23.4 Å². The number of aryl methyl sites for hydroxylation is 1. The molecule has 0 amide bonds. The largest absolute Gasteiger partial charge is 0.497 e. The molecule has 3 rings (SSSR count). The quantitative estimate of drug-likeness (QED) is 0.356. The summed E-state index contributed by atoms with van der Waals surface area (Å²) in [5.74, 6) is 0.582. The van der Waals surface area contributed by atoms with Crippen molar-refractivity contribution in [1.82, 2.24) is 0 Å². The van der Waals surface area contributed by atoms with E-state index in [1.54, 1.807) is 49.6 Å². The average molecular weight is 426 g/mol. The van der Waals surface area contributed by atoms with Crippen LogP contribution in [0.15, 0.2) is 71.6 Å². The van der Waals surface area contributed by atoms with Crippen LogP contribution >= 0.6 is 11.8 Å². The minimum atomic E-state index is -1.62. The zero-order chi connectivity index (χ0) is 21.7. The molecule has 0 bridgehead atoms. The van der Waals surface area contributed by atoms with Gasteiger partial charge in [0.15, 0.2) is 6.10 Å². The number of nitrogen functional groups attached to an aromatic ring is 1. The van der Waals surface area contributed by atoms with Crippen LogP contribution in [0.5, 0.6) is 17.2 Å². The fourth-order valence-corrected chi connectivity index (χ4v) is 4.07. The first-order valence-corrected chi connectivity index (χ1v) is 10.1. The van der Waals surface area contributed by atoms with Crippen LogP contribution in [0, 0.1) is 6.92 Å². The van der Waals surface area contributed by atoms with Crippen molar-refractivity contribution in [2.24, 2.45) is 0 Å². The number of thioether (sulfide) groups is 1. The van der Waals surface area contributed by atoms with Crippen molar-refractivity contribution in [2.75, 3.05) is 12.8 Å². The number of ether oxygens (including phenoxy) is 2. The van der Waals surface area contributed by atoms with E-state index < -0.39 is 17.3 Å². The number of hydrogen-bond donors (Lipinski definition) is 3. The molecule has 0 aliphatic carbocycles. The summed E-state index contributed by atoms with van der Waals surface area (Å²) in [4.78, 5) is 12.1. The fraction of sp³-hybridized carbons (Fsp3) is 0.174. The van der Waals surface area contributed by atoms with Crippen LogP contribution in [-0.4, -0.2) is 29.4 Å². The Bertz CT molecular complexity index is 1020. The van der Waals surface area contributed by atoms with Crippen molar-refractivity contribution in [3.63, 3.8) is 0 Å². The molecule has 0 fully saturated rings. The van der Waals surface area contributed by atoms with E-state index in [4.69, 9.17) is 15.2 Å². The van der Waals surface area contributed by atoms with Gasteiger partial charge < -0.3 is 25.4 Å². The standard InChI is InChI=1S/C23H23NO5S/c1-14-4-3-5-17(12-14)29-18-10-11-19(24)20(13-18)30-22(21(25)23(26)27)15-6-8-16(28-2)9-7-15/h3-13,21-22,25H,24H2,1-2H3,(H,26,27). The van der Waals surface area contributed by atoms with Gasteiger partial charge in [0.25, 0.3) is 0 Å². The molecule has 7 heteroatoms. The molecule has 4 N–H and O–H groups in total. The Labute approximate surface area is 179 Å². The second-order valence-corrected chi connectivity index (χ2v) is 7.90. The Kier molecular flexibility index (Phi) is 6.87. The van der Waals surface area contributed by atoms with Gasteiger partial charge in [0.2, 0.25) is 0 Å². The number of methoxy groups -OCH3 is 1. The number of nitrogens with two attached hydrogens (primary N) is 1. The molecule has 0 saturated heterocycles. The van der Waals surface area contributed by atoms with Crippen LogP contribution in [0.3, 0.4) is 0 Å². The fourth-order valence-electron chi connectivity index (χ4n) is 2.87. The van der Waals surface area contributed by atoms with Crippen LogP contribution < -0.4 is 15.2 Å². The van der Waals surface area contributed by atoms with Gasteiger partial charge in [0.05, 0.1) is 12.4 Å². The van der Waals surface area contributed by atoms with Crippen molar-refractivity contribution in [2.45, 2.75) is 23.2 Å². The molecule has 2 atom stereocenters. The monoisotopic (exact) mass is 425 g/mol. The summed E-state index contributed by atoms with van der Waals surface area (Å²) >= 11 is 1.17. The van der Waals surface area contributed by atoms with Crippen LogP contribution in [0.2, 0.25) is 0 Å². The second kappa shape index (κ2) is 9.56. The van der Waals surface area contributed by atoms with Gasteiger partial charge in [-0.3, -0.25) is 0 Å². The summed E-state index contributed by atoms with van der Waals surface area (Å²) in [6.45, 7) is 1.98. The zero-order valence-corrected chi connectivity index (χ0v) is 17.4. The predicted molar refractivity (Wildman–Crippen MR) is 117 cm³/mol. The summed E-state index contributed by atoms with van der Waals surface area (Å²) in [6, 6.07) is 19.7. The number of aliphatic carboxylic acids is 1. The van der Waals surface area contributed by atoms with E-state index in [-0.39, 0.29) is 0 Å². The molecule has 0 heterocycles. The normalized spacial score (nSPS) is 12.8. The summed E-state index contributed by atoms with van der Waals surface area (Å²) in [7, 11) is 1.55. The highest BCUT2D eigenvalue weighted by atomic mass is 32.2. The number of benzene rings is 3. The Hall–Kier alpha value is -3.16.